The first-order valence-electron chi connectivity index (χ1n) is 13.2. The second kappa shape index (κ2) is 14.6. The third-order valence-corrected chi connectivity index (χ3v) is 8.10. The van der Waals surface area contributed by atoms with Gasteiger partial charge in [0.15, 0.2) is 5.13 Å². The van der Waals surface area contributed by atoms with Gasteiger partial charge in [0.1, 0.15) is 11.5 Å². The Morgan fingerprint density at radius 2 is 1.57 bits per heavy atom. The lowest BCUT2D eigenvalue weighted by atomic mass is 10.1. The zero-order valence-corrected chi connectivity index (χ0v) is 25.3. The molecule has 1 aromatic heterocycles. The number of hydrogen-bond donors (Lipinski definition) is 3. The van der Waals surface area contributed by atoms with Crippen molar-refractivity contribution >= 4 is 69.3 Å². The SMILES string of the molecule is O=C(CSc1ccc(NC(=O)/C(=C/c2ccc(F)cc2)NC(=O)c2ccccc2)cc1)Nc1nc(-c2ccc(Cl)cc2)cs1. The fourth-order valence-corrected chi connectivity index (χ4v) is 5.45. The fourth-order valence-electron chi connectivity index (χ4n) is 3.89. The molecule has 0 bridgehead atoms. The molecular weight excluding hydrogens is 619 g/mol. The molecule has 5 rings (SSSR count). The van der Waals surface area contributed by atoms with Crippen LogP contribution in [-0.2, 0) is 9.59 Å². The Hall–Kier alpha value is -4.77. The average molecular weight is 643 g/mol. The number of carbonyl (C=O) groups excluding carboxylic acids is 3. The molecule has 220 valence electrons. The Labute approximate surface area is 266 Å². The highest BCUT2D eigenvalue weighted by Gasteiger charge is 2.15. The molecule has 0 aliphatic carbocycles. The third kappa shape index (κ3) is 8.63. The van der Waals surface area contributed by atoms with E-state index in [0.717, 1.165) is 16.2 Å². The van der Waals surface area contributed by atoms with Gasteiger partial charge >= 0.3 is 0 Å². The summed E-state index contributed by atoms with van der Waals surface area (Å²) in [4.78, 5) is 43.8. The number of nitrogens with zero attached hydrogens (tertiary/aromatic N) is 1. The molecule has 7 nitrogen and oxygen atoms in total. The van der Waals surface area contributed by atoms with Crippen molar-refractivity contribution in [3.05, 3.63) is 136 Å². The maximum absolute atomic E-state index is 13.4. The van der Waals surface area contributed by atoms with Crippen molar-refractivity contribution in [1.29, 1.82) is 0 Å². The summed E-state index contributed by atoms with van der Waals surface area (Å²) in [6.07, 6.45) is 1.47. The first-order chi connectivity index (χ1) is 21.3. The number of amides is 3. The van der Waals surface area contributed by atoms with Gasteiger partial charge in [-0.05, 0) is 72.3 Å². The van der Waals surface area contributed by atoms with Crippen molar-refractivity contribution in [1.82, 2.24) is 10.3 Å². The molecule has 44 heavy (non-hydrogen) atoms. The monoisotopic (exact) mass is 642 g/mol. The van der Waals surface area contributed by atoms with Crippen LogP contribution in [0.3, 0.4) is 0 Å². The quantitative estimate of drug-likeness (QED) is 0.107. The van der Waals surface area contributed by atoms with E-state index in [1.165, 1.54) is 53.4 Å². The van der Waals surface area contributed by atoms with Crippen LogP contribution < -0.4 is 16.0 Å². The van der Waals surface area contributed by atoms with E-state index in [1.54, 1.807) is 66.7 Å². The van der Waals surface area contributed by atoms with E-state index in [-0.39, 0.29) is 17.4 Å². The second-order valence-electron chi connectivity index (χ2n) is 9.29. The van der Waals surface area contributed by atoms with Crippen molar-refractivity contribution in [3.63, 3.8) is 0 Å². The van der Waals surface area contributed by atoms with Crippen LogP contribution >= 0.6 is 34.7 Å². The van der Waals surface area contributed by atoms with Crippen LogP contribution in [0.2, 0.25) is 5.02 Å². The molecular formula is C33H24ClFN4O3S2. The number of hydrogen-bond acceptors (Lipinski definition) is 6. The van der Waals surface area contributed by atoms with E-state index in [2.05, 4.69) is 20.9 Å². The van der Waals surface area contributed by atoms with Crippen molar-refractivity contribution < 1.29 is 18.8 Å². The fraction of sp³-hybridized carbons (Fsp3) is 0.0303. The summed E-state index contributed by atoms with van der Waals surface area (Å²) in [6.45, 7) is 0. The minimum Gasteiger partial charge on any atom is -0.321 e. The molecule has 3 amide bonds. The lowest BCUT2D eigenvalue weighted by Gasteiger charge is -2.12. The van der Waals surface area contributed by atoms with Crippen LogP contribution in [0.4, 0.5) is 15.2 Å². The maximum Gasteiger partial charge on any atom is 0.272 e. The number of anilines is 2. The van der Waals surface area contributed by atoms with E-state index in [9.17, 15) is 18.8 Å². The molecule has 0 atom stereocenters. The molecule has 0 fully saturated rings. The summed E-state index contributed by atoms with van der Waals surface area (Å²) in [5.74, 6) is -1.46. The Morgan fingerprint density at radius 3 is 2.27 bits per heavy atom. The van der Waals surface area contributed by atoms with Crippen molar-refractivity contribution in [3.8, 4) is 11.3 Å². The largest absolute Gasteiger partial charge is 0.321 e. The molecule has 3 N–H and O–H groups in total. The number of aromatic nitrogens is 1. The standard InChI is InChI=1S/C33H24ClFN4O3S2/c34-24-10-8-22(9-11-24)29-19-44-33(38-29)39-30(40)20-43-27-16-14-26(15-17-27)36-32(42)28(18-21-6-12-25(35)13-7-21)37-31(41)23-4-2-1-3-5-23/h1-19H,20H2,(H,36,42)(H,37,41)(H,38,39,40)/b28-18-. The summed E-state index contributed by atoms with van der Waals surface area (Å²) in [5, 5.41) is 11.3. The number of nitrogens with one attached hydrogen (secondary N) is 3. The predicted octanol–water partition coefficient (Wildman–Crippen LogP) is 7.74. The molecule has 4 aromatic carbocycles. The molecule has 0 saturated heterocycles. The van der Waals surface area contributed by atoms with E-state index < -0.39 is 17.6 Å². The van der Waals surface area contributed by atoms with Gasteiger partial charge in [-0.3, -0.25) is 14.4 Å². The summed E-state index contributed by atoms with van der Waals surface area (Å²) in [6, 6.07) is 28.3. The molecule has 0 saturated carbocycles. The highest BCUT2D eigenvalue weighted by molar-refractivity contribution is 8.00. The van der Waals surface area contributed by atoms with Crippen LogP contribution in [0.15, 0.2) is 119 Å². The minimum atomic E-state index is -0.556. The van der Waals surface area contributed by atoms with Gasteiger partial charge in [0.05, 0.1) is 11.4 Å². The van der Waals surface area contributed by atoms with Gasteiger partial charge in [-0.1, -0.05) is 54.1 Å². The second-order valence-corrected chi connectivity index (χ2v) is 11.6. The van der Waals surface area contributed by atoms with E-state index >= 15 is 0 Å². The normalized spacial score (nSPS) is 11.1. The number of thioether (sulfide) groups is 1. The summed E-state index contributed by atoms with van der Waals surface area (Å²) in [7, 11) is 0. The van der Waals surface area contributed by atoms with Gasteiger partial charge in [-0.25, -0.2) is 9.37 Å². The van der Waals surface area contributed by atoms with Crippen LogP contribution in [0.5, 0.6) is 0 Å². The van der Waals surface area contributed by atoms with Crippen LogP contribution in [-0.4, -0.2) is 28.5 Å². The summed E-state index contributed by atoms with van der Waals surface area (Å²) >= 11 is 8.62. The molecule has 0 radical (unpaired) electrons. The van der Waals surface area contributed by atoms with E-state index in [0.29, 0.717) is 27.0 Å². The number of thiazole rings is 1. The third-order valence-electron chi connectivity index (χ3n) is 6.08. The predicted molar refractivity (Wildman–Crippen MR) is 175 cm³/mol. The van der Waals surface area contributed by atoms with E-state index in [4.69, 9.17) is 11.6 Å². The van der Waals surface area contributed by atoms with Gasteiger partial charge in [0, 0.05) is 32.1 Å². The molecule has 1 heterocycles. The molecule has 5 aromatic rings. The number of benzene rings is 4. The van der Waals surface area contributed by atoms with Crippen molar-refractivity contribution in [2.24, 2.45) is 0 Å². The Kier molecular flexibility index (Phi) is 10.2. The highest BCUT2D eigenvalue weighted by atomic mass is 35.5. The van der Waals surface area contributed by atoms with Gasteiger partial charge < -0.3 is 16.0 Å². The number of rotatable bonds is 10. The van der Waals surface area contributed by atoms with Crippen LogP contribution in [0, 0.1) is 5.82 Å². The molecule has 0 unspecified atom stereocenters. The van der Waals surface area contributed by atoms with Gasteiger partial charge in [-0.2, -0.15) is 0 Å². The maximum atomic E-state index is 13.4. The molecule has 0 aliphatic heterocycles. The smallest absolute Gasteiger partial charge is 0.272 e. The van der Waals surface area contributed by atoms with Gasteiger partial charge in [-0.15, -0.1) is 23.1 Å². The van der Waals surface area contributed by atoms with Gasteiger partial charge in [0.25, 0.3) is 11.8 Å². The van der Waals surface area contributed by atoms with Crippen LogP contribution in [0.1, 0.15) is 15.9 Å². The minimum absolute atomic E-state index is 0.0120. The Morgan fingerprint density at radius 1 is 0.864 bits per heavy atom. The lowest BCUT2D eigenvalue weighted by Crippen LogP contribution is -2.30. The van der Waals surface area contributed by atoms with Gasteiger partial charge in [0.2, 0.25) is 5.91 Å². The number of halogens is 2. The Balaban J connectivity index is 1.18. The number of carbonyl (C=O) groups is 3. The lowest BCUT2D eigenvalue weighted by molar-refractivity contribution is -0.114. The molecule has 11 heteroatoms. The molecule has 0 aliphatic rings. The van der Waals surface area contributed by atoms with Crippen molar-refractivity contribution in [2.45, 2.75) is 4.90 Å². The van der Waals surface area contributed by atoms with E-state index in [1.807, 2.05) is 17.5 Å². The van der Waals surface area contributed by atoms with Crippen molar-refractivity contribution in [2.75, 3.05) is 16.4 Å². The summed E-state index contributed by atoms with van der Waals surface area (Å²) < 4.78 is 13.4. The zero-order valence-electron chi connectivity index (χ0n) is 22.9. The summed E-state index contributed by atoms with van der Waals surface area (Å²) in [5.41, 5.74) is 3.05. The van der Waals surface area contributed by atoms with Crippen LogP contribution in [0.25, 0.3) is 17.3 Å². The average Bonchev–Trinajstić information content (AvgIpc) is 3.50. The topological polar surface area (TPSA) is 100 Å². The first-order valence-corrected chi connectivity index (χ1v) is 15.5. The highest BCUT2D eigenvalue weighted by Crippen LogP contribution is 2.27. The first kappa shape index (κ1) is 30.7. The zero-order chi connectivity index (χ0) is 30.9. The Bertz CT molecular complexity index is 1790. The molecule has 0 spiro atoms.